The molecular formula is C24H31N9O4. The zero-order chi connectivity index (χ0) is 26.5. The molecule has 1 aliphatic rings. The van der Waals surface area contributed by atoms with Crippen LogP contribution in [0.15, 0.2) is 30.9 Å². The predicted octanol–water partition coefficient (Wildman–Crippen LogP) is 1.03. The van der Waals surface area contributed by atoms with Crippen LogP contribution in [0.1, 0.15) is 57.4 Å². The van der Waals surface area contributed by atoms with E-state index < -0.39 is 17.7 Å². The Balaban J connectivity index is 1.30. The summed E-state index contributed by atoms with van der Waals surface area (Å²) in [6.45, 7) is 0.601. The second-order valence-electron chi connectivity index (χ2n) is 9.08. The third kappa shape index (κ3) is 6.05. The number of imidazole rings is 2. The van der Waals surface area contributed by atoms with Gasteiger partial charge in [0, 0.05) is 64.9 Å². The zero-order valence-electron chi connectivity index (χ0n) is 21.1. The zero-order valence-corrected chi connectivity index (χ0v) is 21.1. The van der Waals surface area contributed by atoms with E-state index in [1.54, 1.807) is 42.7 Å². The molecule has 0 radical (unpaired) electrons. The summed E-state index contributed by atoms with van der Waals surface area (Å²) in [5, 5.41) is 11.0. The maximum atomic E-state index is 12.8. The maximum absolute atomic E-state index is 12.8. The first-order chi connectivity index (χ1) is 17.7. The number of amides is 4. The van der Waals surface area contributed by atoms with Crippen LogP contribution in [0.4, 0.5) is 11.5 Å². The van der Waals surface area contributed by atoms with Crippen LogP contribution in [0.3, 0.4) is 0 Å². The van der Waals surface area contributed by atoms with Crippen LogP contribution in [-0.2, 0) is 25.9 Å². The van der Waals surface area contributed by atoms with Gasteiger partial charge in [-0.15, -0.1) is 0 Å². The van der Waals surface area contributed by atoms with Crippen LogP contribution < -0.4 is 21.3 Å². The largest absolute Gasteiger partial charge is 0.354 e. The highest BCUT2D eigenvalue weighted by Gasteiger charge is 2.22. The van der Waals surface area contributed by atoms with Crippen LogP contribution in [0.25, 0.3) is 0 Å². The molecular weight excluding hydrogens is 478 g/mol. The van der Waals surface area contributed by atoms with Crippen LogP contribution in [0, 0.1) is 5.92 Å². The number of carbonyl (C=O) groups excluding carboxylic acids is 4. The Bertz CT molecular complexity index is 1310. The van der Waals surface area contributed by atoms with Crippen molar-refractivity contribution in [1.29, 1.82) is 0 Å². The Morgan fingerprint density at radius 3 is 2.30 bits per heavy atom. The minimum absolute atomic E-state index is 0.0359. The molecule has 0 aromatic carbocycles. The van der Waals surface area contributed by atoms with Gasteiger partial charge < -0.3 is 35.0 Å². The van der Waals surface area contributed by atoms with Crippen LogP contribution >= 0.6 is 0 Å². The fourth-order valence-corrected chi connectivity index (χ4v) is 4.32. The van der Waals surface area contributed by atoms with E-state index in [-0.39, 0.29) is 41.5 Å². The number of hydrogen-bond acceptors (Lipinski definition) is 6. The third-order valence-corrected chi connectivity index (χ3v) is 6.28. The summed E-state index contributed by atoms with van der Waals surface area (Å²) in [4.78, 5) is 58.1. The number of nitrogens with zero attached hydrogens (tertiary/aromatic N) is 5. The lowest BCUT2D eigenvalue weighted by Crippen LogP contribution is -2.37. The monoisotopic (exact) mass is 509 g/mol. The Hall–Kier alpha value is -4.42. The first-order valence-electron chi connectivity index (χ1n) is 12.1. The Kier molecular flexibility index (Phi) is 7.70. The molecule has 0 saturated heterocycles. The number of aromatic nitrogens is 5. The van der Waals surface area contributed by atoms with Crippen LogP contribution in [0.5, 0.6) is 0 Å². The van der Waals surface area contributed by atoms with Crippen molar-refractivity contribution in [2.45, 2.75) is 25.7 Å². The first-order valence-corrected chi connectivity index (χ1v) is 12.1. The summed E-state index contributed by atoms with van der Waals surface area (Å²) < 4.78 is 4.67. The van der Waals surface area contributed by atoms with E-state index in [1.807, 2.05) is 0 Å². The molecule has 0 aliphatic heterocycles. The topological polar surface area (TPSA) is 157 Å². The number of aryl methyl sites for hydroxylation is 3. The molecule has 1 fully saturated rings. The quantitative estimate of drug-likeness (QED) is 0.316. The average molecular weight is 510 g/mol. The second kappa shape index (κ2) is 11.1. The minimum atomic E-state index is -0.459. The fraction of sp³-hybridized carbons (Fsp3) is 0.417. The summed E-state index contributed by atoms with van der Waals surface area (Å²) in [7, 11) is 5.03. The molecule has 196 valence electrons. The summed E-state index contributed by atoms with van der Waals surface area (Å²) in [6.07, 6.45) is 10.3. The van der Waals surface area contributed by atoms with Gasteiger partial charge in [0.1, 0.15) is 5.69 Å². The SMILES string of the molecule is Cn1cc(NC(=O)c2nccn2C)cc1C(=O)Nc1cn(C)c(C(=O)NCCNC(=O)C2CCCC2)n1. The van der Waals surface area contributed by atoms with E-state index in [1.165, 1.54) is 23.0 Å². The summed E-state index contributed by atoms with van der Waals surface area (Å²) in [5.41, 5.74) is 0.714. The number of anilines is 2. The molecule has 37 heavy (non-hydrogen) atoms. The fourth-order valence-electron chi connectivity index (χ4n) is 4.32. The molecule has 3 heterocycles. The van der Waals surface area contributed by atoms with E-state index in [2.05, 4.69) is 31.2 Å². The molecule has 4 N–H and O–H groups in total. The maximum Gasteiger partial charge on any atom is 0.291 e. The lowest BCUT2D eigenvalue weighted by Gasteiger charge is -2.10. The number of carbonyl (C=O) groups is 4. The molecule has 0 unspecified atom stereocenters. The lowest BCUT2D eigenvalue weighted by molar-refractivity contribution is -0.124. The predicted molar refractivity (Wildman–Crippen MR) is 135 cm³/mol. The van der Waals surface area contributed by atoms with Crippen molar-refractivity contribution in [3.63, 3.8) is 0 Å². The highest BCUT2D eigenvalue weighted by molar-refractivity contribution is 6.06. The van der Waals surface area contributed by atoms with Crippen molar-refractivity contribution in [1.82, 2.24) is 34.3 Å². The molecule has 13 heteroatoms. The molecule has 0 atom stereocenters. The average Bonchev–Trinajstić information content (AvgIpc) is 3.64. The molecule has 4 rings (SSSR count). The van der Waals surface area contributed by atoms with Gasteiger partial charge in [0.05, 0.1) is 5.69 Å². The molecule has 3 aromatic heterocycles. The van der Waals surface area contributed by atoms with Gasteiger partial charge in [-0.05, 0) is 18.9 Å². The van der Waals surface area contributed by atoms with Gasteiger partial charge in [0.2, 0.25) is 11.7 Å². The normalized spacial score (nSPS) is 13.4. The van der Waals surface area contributed by atoms with Gasteiger partial charge >= 0.3 is 0 Å². The van der Waals surface area contributed by atoms with Crippen molar-refractivity contribution in [2.75, 3.05) is 23.7 Å². The van der Waals surface area contributed by atoms with Gasteiger partial charge in [-0.2, -0.15) is 0 Å². The van der Waals surface area contributed by atoms with E-state index in [4.69, 9.17) is 0 Å². The Morgan fingerprint density at radius 2 is 1.59 bits per heavy atom. The summed E-state index contributed by atoms with van der Waals surface area (Å²) in [5.74, 6) is -0.605. The first kappa shape index (κ1) is 25.7. The number of nitrogens with one attached hydrogen (secondary N) is 4. The molecule has 13 nitrogen and oxygen atoms in total. The number of hydrogen-bond donors (Lipinski definition) is 4. The van der Waals surface area contributed by atoms with E-state index in [0.717, 1.165) is 25.7 Å². The van der Waals surface area contributed by atoms with E-state index >= 15 is 0 Å². The third-order valence-electron chi connectivity index (χ3n) is 6.28. The Morgan fingerprint density at radius 1 is 0.865 bits per heavy atom. The van der Waals surface area contributed by atoms with Crippen molar-refractivity contribution in [3.05, 3.63) is 48.2 Å². The van der Waals surface area contributed by atoms with Gasteiger partial charge in [-0.25, -0.2) is 9.97 Å². The standard InChI is InChI=1S/C24H31N9O4/c1-31-11-10-25-19(31)24(37)28-16-12-17(32(2)13-16)22(35)30-18-14-33(3)20(29-18)23(36)27-9-8-26-21(34)15-6-4-5-7-15/h10-15H,4-9H2,1-3H3,(H,26,34)(H,27,36)(H,28,37)(H,30,35). The second-order valence-corrected chi connectivity index (χ2v) is 9.08. The smallest absolute Gasteiger partial charge is 0.291 e. The highest BCUT2D eigenvalue weighted by Crippen LogP contribution is 2.24. The minimum Gasteiger partial charge on any atom is -0.354 e. The lowest BCUT2D eigenvalue weighted by atomic mass is 10.1. The molecule has 4 amide bonds. The molecule has 1 saturated carbocycles. The van der Waals surface area contributed by atoms with Gasteiger partial charge in [0.15, 0.2) is 11.6 Å². The molecule has 0 spiro atoms. The van der Waals surface area contributed by atoms with E-state index in [9.17, 15) is 19.2 Å². The number of rotatable bonds is 9. The van der Waals surface area contributed by atoms with Gasteiger partial charge in [-0.1, -0.05) is 12.8 Å². The van der Waals surface area contributed by atoms with E-state index in [0.29, 0.717) is 12.2 Å². The van der Waals surface area contributed by atoms with Gasteiger partial charge in [0.25, 0.3) is 17.7 Å². The Labute approximate surface area is 213 Å². The van der Waals surface area contributed by atoms with Crippen molar-refractivity contribution < 1.29 is 19.2 Å². The molecule has 1 aliphatic carbocycles. The van der Waals surface area contributed by atoms with Crippen LogP contribution in [0.2, 0.25) is 0 Å². The summed E-state index contributed by atoms with van der Waals surface area (Å²) >= 11 is 0. The van der Waals surface area contributed by atoms with Crippen molar-refractivity contribution in [2.24, 2.45) is 27.1 Å². The molecule has 3 aromatic rings. The molecule has 0 bridgehead atoms. The van der Waals surface area contributed by atoms with Crippen molar-refractivity contribution >= 4 is 35.1 Å². The summed E-state index contributed by atoms with van der Waals surface area (Å²) in [6, 6.07) is 1.53. The van der Waals surface area contributed by atoms with Gasteiger partial charge in [-0.3, -0.25) is 19.2 Å². The highest BCUT2D eigenvalue weighted by atomic mass is 16.2. The van der Waals surface area contributed by atoms with Crippen LogP contribution in [-0.4, -0.2) is 60.4 Å². The van der Waals surface area contributed by atoms with Crippen molar-refractivity contribution in [3.8, 4) is 0 Å².